The maximum absolute atomic E-state index is 13.6. The van der Waals surface area contributed by atoms with Crippen LogP contribution in [0.15, 0.2) is 18.2 Å². The Morgan fingerprint density at radius 1 is 1.23 bits per heavy atom. The third-order valence-corrected chi connectivity index (χ3v) is 4.94. The van der Waals surface area contributed by atoms with Gasteiger partial charge in [0.25, 0.3) is 0 Å². The fraction of sp³-hybridized carbons (Fsp3) is 0.600. The minimum Gasteiger partial charge on any atom is -0.356 e. The Labute approximate surface area is 155 Å². The van der Waals surface area contributed by atoms with Gasteiger partial charge in [-0.05, 0) is 50.3 Å². The lowest BCUT2D eigenvalue weighted by atomic mass is 9.88. The molecule has 0 spiro atoms. The molecule has 0 radical (unpaired) electrons. The van der Waals surface area contributed by atoms with E-state index in [-0.39, 0.29) is 29.7 Å². The van der Waals surface area contributed by atoms with Gasteiger partial charge in [-0.1, -0.05) is 25.5 Å². The van der Waals surface area contributed by atoms with Crippen LogP contribution >= 0.6 is 0 Å². The van der Waals surface area contributed by atoms with E-state index >= 15 is 0 Å². The van der Waals surface area contributed by atoms with Crippen molar-refractivity contribution in [3.8, 4) is 0 Å². The predicted octanol–water partition coefficient (Wildman–Crippen LogP) is 3.53. The average molecular weight is 363 g/mol. The third-order valence-electron chi connectivity index (χ3n) is 4.94. The van der Waals surface area contributed by atoms with Crippen molar-refractivity contribution in [1.82, 2.24) is 15.5 Å². The first kappa shape index (κ1) is 20.2. The number of hydrogen-bond donors (Lipinski definition) is 2. The summed E-state index contributed by atoms with van der Waals surface area (Å²) in [6.07, 6.45) is 3.32. The fourth-order valence-corrected chi connectivity index (χ4v) is 3.42. The van der Waals surface area contributed by atoms with Gasteiger partial charge >= 0.3 is 6.03 Å². The van der Waals surface area contributed by atoms with Crippen LogP contribution in [0.5, 0.6) is 0 Å². The Kier molecular flexibility index (Phi) is 7.42. The van der Waals surface area contributed by atoms with Gasteiger partial charge in [0.15, 0.2) is 0 Å². The smallest absolute Gasteiger partial charge is 0.317 e. The van der Waals surface area contributed by atoms with E-state index in [1.54, 1.807) is 24.0 Å². The molecule has 1 saturated heterocycles. The van der Waals surface area contributed by atoms with E-state index in [0.717, 1.165) is 18.4 Å². The first-order valence-corrected chi connectivity index (χ1v) is 9.56. The van der Waals surface area contributed by atoms with E-state index in [9.17, 15) is 14.0 Å². The summed E-state index contributed by atoms with van der Waals surface area (Å²) in [6.45, 7) is 7.27. The molecule has 26 heavy (non-hydrogen) atoms. The third kappa shape index (κ3) is 4.96. The van der Waals surface area contributed by atoms with Gasteiger partial charge < -0.3 is 15.5 Å². The first-order chi connectivity index (χ1) is 12.5. The fourth-order valence-electron chi connectivity index (χ4n) is 3.42. The summed E-state index contributed by atoms with van der Waals surface area (Å²) < 4.78 is 13.6. The second-order valence-electron chi connectivity index (χ2n) is 6.93. The van der Waals surface area contributed by atoms with Crippen LogP contribution in [0.3, 0.4) is 0 Å². The molecule has 1 heterocycles. The van der Waals surface area contributed by atoms with Gasteiger partial charge in [0.2, 0.25) is 5.91 Å². The average Bonchev–Trinajstić information content (AvgIpc) is 2.64. The van der Waals surface area contributed by atoms with Crippen LogP contribution in [0.25, 0.3) is 0 Å². The number of halogens is 1. The molecule has 144 valence electrons. The molecule has 0 unspecified atom stereocenters. The number of rotatable bonds is 6. The summed E-state index contributed by atoms with van der Waals surface area (Å²) in [4.78, 5) is 26.7. The van der Waals surface area contributed by atoms with Crippen molar-refractivity contribution in [3.05, 3.63) is 35.1 Å². The highest BCUT2D eigenvalue weighted by molar-refractivity contribution is 5.81. The minimum absolute atomic E-state index is 0.00686. The molecule has 2 N–H and O–H groups in total. The molecule has 2 rings (SSSR count). The highest BCUT2D eigenvalue weighted by atomic mass is 19.1. The van der Waals surface area contributed by atoms with Gasteiger partial charge in [-0.3, -0.25) is 4.79 Å². The Morgan fingerprint density at radius 3 is 2.65 bits per heavy atom. The molecule has 1 aliphatic rings. The highest BCUT2D eigenvalue weighted by Crippen LogP contribution is 2.34. The van der Waals surface area contributed by atoms with Gasteiger partial charge in [0.1, 0.15) is 5.82 Å². The predicted molar refractivity (Wildman–Crippen MR) is 100 cm³/mol. The monoisotopic (exact) mass is 363 g/mol. The minimum atomic E-state index is -0.247. The van der Waals surface area contributed by atoms with Crippen molar-refractivity contribution in [3.63, 3.8) is 0 Å². The lowest BCUT2D eigenvalue weighted by molar-refractivity contribution is -0.126. The van der Waals surface area contributed by atoms with Crippen LogP contribution in [0.2, 0.25) is 0 Å². The number of nitrogens with one attached hydrogen (secondary N) is 2. The Bertz CT molecular complexity index is 635. The summed E-state index contributed by atoms with van der Waals surface area (Å²) in [7, 11) is 0. The summed E-state index contributed by atoms with van der Waals surface area (Å²) in [5, 5.41) is 5.80. The SMILES string of the molecule is CCCCNC(=O)N1C[C@@H](C(=O)NCC)CC[C@@H]1c1ccc(F)c(C)c1. The van der Waals surface area contributed by atoms with Crippen molar-refractivity contribution in [2.45, 2.75) is 52.5 Å². The quantitative estimate of drug-likeness (QED) is 0.760. The maximum atomic E-state index is 13.6. The number of hydrogen-bond acceptors (Lipinski definition) is 2. The molecule has 1 aromatic carbocycles. The van der Waals surface area contributed by atoms with Gasteiger partial charge in [0.05, 0.1) is 12.0 Å². The second kappa shape index (κ2) is 9.55. The number of benzene rings is 1. The van der Waals surface area contributed by atoms with Gasteiger partial charge in [-0.15, -0.1) is 0 Å². The molecular weight excluding hydrogens is 333 g/mol. The molecule has 1 fully saturated rings. The Balaban J connectivity index is 2.20. The molecule has 6 heteroatoms. The van der Waals surface area contributed by atoms with Crippen LogP contribution in [0, 0.1) is 18.7 Å². The van der Waals surface area contributed by atoms with Gasteiger partial charge in [-0.2, -0.15) is 0 Å². The molecule has 0 aromatic heterocycles. The molecular formula is C20H30FN3O2. The topological polar surface area (TPSA) is 61.4 Å². The number of carbonyl (C=O) groups excluding carboxylic acids is 2. The Morgan fingerprint density at radius 2 is 2.00 bits per heavy atom. The van der Waals surface area contributed by atoms with Crippen molar-refractivity contribution in [1.29, 1.82) is 0 Å². The lowest BCUT2D eigenvalue weighted by Crippen LogP contribution is -2.50. The van der Waals surface area contributed by atoms with Gasteiger partial charge in [-0.25, -0.2) is 9.18 Å². The number of unbranched alkanes of at least 4 members (excludes halogenated alkanes) is 1. The van der Waals surface area contributed by atoms with Crippen LogP contribution in [0.1, 0.15) is 56.7 Å². The molecule has 1 aliphatic heterocycles. The van der Waals surface area contributed by atoms with E-state index in [1.165, 1.54) is 6.07 Å². The van der Waals surface area contributed by atoms with Crippen molar-refractivity contribution in [2.75, 3.05) is 19.6 Å². The normalized spacial score (nSPS) is 19.9. The van der Waals surface area contributed by atoms with E-state index in [4.69, 9.17) is 0 Å². The second-order valence-corrected chi connectivity index (χ2v) is 6.93. The molecule has 5 nitrogen and oxygen atoms in total. The molecule has 0 saturated carbocycles. The first-order valence-electron chi connectivity index (χ1n) is 9.56. The molecule has 2 atom stereocenters. The number of likely N-dealkylation sites (tertiary alicyclic amines) is 1. The number of nitrogens with zero attached hydrogens (tertiary/aromatic N) is 1. The number of piperidine rings is 1. The molecule has 0 bridgehead atoms. The van der Waals surface area contributed by atoms with Crippen LogP contribution in [-0.2, 0) is 4.79 Å². The van der Waals surface area contributed by atoms with E-state index < -0.39 is 0 Å². The van der Waals surface area contributed by atoms with Crippen LogP contribution in [-0.4, -0.2) is 36.5 Å². The van der Waals surface area contributed by atoms with Gasteiger partial charge in [0, 0.05) is 19.6 Å². The van der Waals surface area contributed by atoms with Crippen LogP contribution in [0.4, 0.5) is 9.18 Å². The summed E-state index contributed by atoms with van der Waals surface area (Å²) >= 11 is 0. The largest absolute Gasteiger partial charge is 0.356 e. The highest BCUT2D eigenvalue weighted by Gasteiger charge is 2.35. The summed E-state index contributed by atoms with van der Waals surface area (Å²) in [5.41, 5.74) is 1.49. The number of carbonyl (C=O) groups is 2. The number of amides is 3. The zero-order valence-corrected chi connectivity index (χ0v) is 16.0. The summed E-state index contributed by atoms with van der Waals surface area (Å²) in [6, 6.07) is 4.71. The molecule has 0 aliphatic carbocycles. The van der Waals surface area contributed by atoms with E-state index in [1.807, 2.05) is 6.92 Å². The van der Waals surface area contributed by atoms with Crippen molar-refractivity contribution >= 4 is 11.9 Å². The Hall–Kier alpha value is -2.11. The van der Waals surface area contributed by atoms with Crippen molar-refractivity contribution in [2.24, 2.45) is 5.92 Å². The standard InChI is InChI=1S/C20H30FN3O2/c1-4-6-11-23-20(26)24-13-16(19(25)22-5-2)8-10-18(24)15-7-9-17(21)14(3)12-15/h7,9,12,16,18H,4-6,8,10-11,13H2,1-3H3,(H,22,25)(H,23,26)/t16-,18+/m0/s1. The number of aryl methyl sites for hydroxylation is 1. The molecule has 3 amide bonds. The molecule has 1 aromatic rings. The zero-order valence-electron chi connectivity index (χ0n) is 16.0. The van der Waals surface area contributed by atoms with E-state index in [2.05, 4.69) is 17.6 Å². The van der Waals surface area contributed by atoms with Crippen LogP contribution < -0.4 is 10.6 Å². The lowest BCUT2D eigenvalue weighted by Gasteiger charge is -2.39. The summed E-state index contributed by atoms with van der Waals surface area (Å²) in [5.74, 6) is -0.457. The maximum Gasteiger partial charge on any atom is 0.317 e. The number of urea groups is 1. The zero-order chi connectivity index (χ0) is 19.1. The van der Waals surface area contributed by atoms with E-state index in [0.29, 0.717) is 38.0 Å². The van der Waals surface area contributed by atoms with Crippen molar-refractivity contribution < 1.29 is 14.0 Å².